The van der Waals surface area contributed by atoms with Gasteiger partial charge >= 0.3 is 0 Å². The van der Waals surface area contributed by atoms with Crippen molar-refractivity contribution in [3.8, 4) is 0 Å². The lowest BCUT2D eigenvalue weighted by Gasteiger charge is -2.03. The second kappa shape index (κ2) is 18.4. The van der Waals surface area contributed by atoms with Gasteiger partial charge in [0, 0.05) is 0 Å². The van der Waals surface area contributed by atoms with Crippen LogP contribution in [-0.2, 0) is 0 Å². The molecule has 0 nitrogen and oxygen atoms in total. The third-order valence-corrected chi connectivity index (χ3v) is 5.16. The largest absolute Gasteiger partial charge is 0.122 e. The molecule has 0 aliphatic carbocycles. The molecule has 0 aliphatic rings. The van der Waals surface area contributed by atoms with Gasteiger partial charge in [0.05, 0.1) is 0 Å². The van der Waals surface area contributed by atoms with E-state index in [0.717, 1.165) is 0 Å². The summed E-state index contributed by atoms with van der Waals surface area (Å²) in [5.74, 6) is 0. The predicted octanol–water partition coefficient (Wildman–Crippen LogP) is 7.17. The Morgan fingerprint density at radius 2 is 0.842 bits per heavy atom. The lowest BCUT2D eigenvalue weighted by Crippen LogP contribution is -1.84. The molecule has 0 bridgehead atoms. The highest BCUT2D eigenvalue weighted by molar-refractivity contribution is 7.37. The second-order valence-electron chi connectivity index (χ2n) is 5.95. The van der Waals surface area contributed by atoms with Crippen LogP contribution in [-0.4, -0.2) is 12.3 Å². The van der Waals surface area contributed by atoms with Gasteiger partial charge in [0.1, 0.15) is 0 Å². The minimum atomic E-state index is 1.23. The van der Waals surface area contributed by atoms with E-state index < -0.39 is 0 Å². The summed E-state index contributed by atoms with van der Waals surface area (Å²) >= 11 is 0. The maximum atomic E-state index is 2.31. The van der Waals surface area contributed by atoms with E-state index in [-0.39, 0.29) is 0 Å². The molecular formula is C18H39P. The Kier molecular flexibility index (Phi) is 18.8. The molecule has 0 saturated carbocycles. The summed E-state index contributed by atoms with van der Waals surface area (Å²) in [4.78, 5) is 0. The van der Waals surface area contributed by atoms with E-state index in [9.17, 15) is 0 Å². The SMILES string of the molecule is CCCCCCCCCCCCCCCCPCC. The van der Waals surface area contributed by atoms with Crippen molar-refractivity contribution in [3.05, 3.63) is 0 Å². The van der Waals surface area contributed by atoms with E-state index in [2.05, 4.69) is 13.8 Å². The highest BCUT2D eigenvalue weighted by atomic mass is 31.1. The normalized spacial score (nSPS) is 11.7. The van der Waals surface area contributed by atoms with Crippen LogP contribution in [0.15, 0.2) is 0 Å². The summed E-state index contributed by atoms with van der Waals surface area (Å²) in [6, 6.07) is 0. The number of rotatable bonds is 16. The van der Waals surface area contributed by atoms with Crippen molar-refractivity contribution in [1.82, 2.24) is 0 Å². The van der Waals surface area contributed by atoms with Crippen molar-refractivity contribution in [3.63, 3.8) is 0 Å². The fourth-order valence-electron chi connectivity index (χ4n) is 2.62. The van der Waals surface area contributed by atoms with Gasteiger partial charge in [-0.15, -0.1) is 8.58 Å². The molecule has 1 heteroatoms. The minimum absolute atomic E-state index is 1.23. The molecule has 0 aliphatic heterocycles. The van der Waals surface area contributed by atoms with Gasteiger partial charge in [-0.1, -0.05) is 97.3 Å². The van der Waals surface area contributed by atoms with Gasteiger partial charge < -0.3 is 0 Å². The molecule has 0 rings (SSSR count). The lowest BCUT2D eigenvalue weighted by molar-refractivity contribution is 0.538. The number of hydrogen-bond donors (Lipinski definition) is 0. The zero-order valence-corrected chi connectivity index (χ0v) is 14.8. The molecular weight excluding hydrogens is 247 g/mol. The topological polar surface area (TPSA) is 0 Å². The maximum Gasteiger partial charge on any atom is -0.0354 e. The zero-order valence-electron chi connectivity index (χ0n) is 13.8. The highest BCUT2D eigenvalue weighted by Crippen LogP contribution is 2.15. The highest BCUT2D eigenvalue weighted by Gasteiger charge is 1.93. The average molecular weight is 286 g/mol. The van der Waals surface area contributed by atoms with Gasteiger partial charge in [-0.25, -0.2) is 0 Å². The Labute approximate surface area is 125 Å². The molecule has 1 unspecified atom stereocenters. The van der Waals surface area contributed by atoms with Crippen LogP contribution in [0.4, 0.5) is 0 Å². The first-order chi connectivity index (χ1) is 9.41. The van der Waals surface area contributed by atoms with Crippen LogP contribution in [0.2, 0.25) is 0 Å². The van der Waals surface area contributed by atoms with Crippen molar-refractivity contribution in [2.24, 2.45) is 0 Å². The summed E-state index contributed by atoms with van der Waals surface area (Å²) in [6.07, 6.45) is 23.6. The molecule has 0 aromatic heterocycles. The van der Waals surface area contributed by atoms with Crippen molar-refractivity contribution in [2.45, 2.75) is 104 Å². The molecule has 0 saturated heterocycles. The van der Waals surface area contributed by atoms with Crippen LogP contribution >= 0.6 is 8.58 Å². The Morgan fingerprint density at radius 3 is 1.21 bits per heavy atom. The van der Waals surface area contributed by atoms with Crippen LogP contribution in [0.1, 0.15) is 104 Å². The van der Waals surface area contributed by atoms with Crippen LogP contribution in [0.5, 0.6) is 0 Å². The number of unbranched alkanes of at least 4 members (excludes halogenated alkanes) is 13. The molecule has 19 heavy (non-hydrogen) atoms. The molecule has 0 heterocycles. The zero-order chi connectivity index (χ0) is 14.0. The Balaban J connectivity index is 2.88. The first-order valence-corrected chi connectivity index (χ1v) is 10.5. The standard InChI is InChI=1S/C18H39P/c1-3-5-6-7-8-9-10-11-12-13-14-15-16-17-18-19-4-2/h19H,3-18H2,1-2H3. The molecule has 0 fully saturated rings. The summed E-state index contributed by atoms with van der Waals surface area (Å²) in [5.41, 5.74) is 0. The molecule has 0 aromatic rings. The van der Waals surface area contributed by atoms with Crippen LogP contribution in [0.3, 0.4) is 0 Å². The molecule has 116 valence electrons. The van der Waals surface area contributed by atoms with Crippen molar-refractivity contribution in [1.29, 1.82) is 0 Å². The predicted molar refractivity (Wildman–Crippen MR) is 94.0 cm³/mol. The van der Waals surface area contributed by atoms with Gasteiger partial charge in [0.2, 0.25) is 0 Å². The van der Waals surface area contributed by atoms with Gasteiger partial charge in [-0.05, 0) is 18.7 Å². The molecule has 1 atom stereocenters. The molecule has 0 amide bonds. The quantitative estimate of drug-likeness (QED) is 0.208. The van der Waals surface area contributed by atoms with E-state index >= 15 is 0 Å². The maximum absolute atomic E-state index is 2.31. The minimum Gasteiger partial charge on any atom is -0.122 e. The van der Waals surface area contributed by atoms with Gasteiger partial charge in [-0.2, -0.15) is 0 Å². The van der Waals surface area contributed by atoms with E-state index in [1.807, 2.05) is 0 Å². The third kappa shape index (κ3) is 18.4. The van der Waals surface area contributed by atoms with Gasteiger partial charge in [-0.3, -0.25) is 0 Å². The fraction of sp³-hybridized carbons (Fsp3) is 1.00. The van der Waals surface area contributed by atoms with Crippen molar-refractivity contribution < 1.29 is 0 Å². The average Bonchev–Trinajstić information content (AvgIpc) is 2.43. The molecule has 0 radical (unpaired) electrons. The lowest BCUT2D eigenvalue weighted by atomic mass is 10.0. The van der Waals surface area contributed by atoms with Gasteiger partial charge in [0.25, 0.3) is 0 Å². The third-order valence-electron chi connectivity index (χ3n) is 3.96. The van der Waals surface area contributed by atoms with E-state index in [0.29, 0.717) is 0 Å². The van der Waals surface area contributed by atoms with Crippen LogP contribution in [0, 0.1) is 0 Å². The van der Waals surface area contributed by atoms with Crippen LogP contribution < -0.4 is 0 Å². The Hall–Kier alpha value is 0.430. The summed E-state index contributed by atoms with van der Waals surface area (Å²) in [6.45, 7) is 4.60. The molecule has 0 N–H and O–H groups in total. The van der Waals surface area contributed by atoms with Crippen molar-refractivity contribution in [2.75, 3.05) is 12.3 Å². The molecule has 0 spiro atoms. The van der Waals surface area contributed by atoms with Crippen molar-refractivity contribution >= 4 is 8.58 Å². The van der Waals surface area contributed by atoms with Crippen LogP contribution in [0.25, 0.3) is 0 Å². The van der Waals surface area contributed by atoms with E-state index in [4.69, 9.17) is 0 Å². The Morgan fingerprint density at radius 1 is 0.474 bits per heavy atom. The fourth-order valence-corrected chi connectivity index (χ4v) is 3.47. The summed E-state index contributed by atoms with van der Waals surface area (Å²) < 4.78 is 0. The van der Waals surface area contributed by atoms with E-state index in [1.54, 1.807) is 0 Å². The Bertz CT molecular complexity index is 129. The first-order valence-electron chi connectivity index (χ1n) is 9.12. The monoisotopic (exact) mass is 286 g/mol. The number of hydrogen-bond acceptors (Lipinski definition) is 0. The first kappa shape index (κ1) is 19.4. The smallest absolute Gasteiger partial charge is 0.0354 e. The second-order valence-corrected chi connectivity index (χ2v) is 7.66. The van der Waals surface area contributed by atoms with Gasteiger partial charge in [0.15, 0.2) is 0 Å². The summed E-state index contributed by atoms with van der Waals surface area (Å²) in [7, 11) is 1.23. The molecule has 0 aromatic carbocycles. The summed E-state index contributed by atoms with van der Waals surface area (Å²) in [5, 5.41) is 0. The van der Waals surface area contributed by atoms with E-state index in [1.165, 1.54) is 111 Å².